The number of benzene rings is 2. The normalized spacial score (nSPS) is 16.1. The number of sulfonamides is 1. The molecule has 11 heteroatoms. The molecule has 4 aromatic rings. The molecule has 1 atom stereocenters. The molecule has 1 unspecified atom stereocenters. The molecular weight excluding hydrogens is 524 g/mol. The highest BCUT2D eigenvalue weighted by molar-refractivity contribution is 7.92. The number of ether oxygens (including phenoxy) is 1. The van der Waals surface area contributed by atoms with Crippen molar-refractivity contribution in [3.05, 3.63) is 82.6 Å². The molecule has 198 valence electrons. The van der Waals surface area contributed by atoms with Crippen LogP contribution in [0.4, 0.5) is 5.95 Å². The first kappa shape index (κ1) is 26.1. The van der Waals surface area contributed by atoms with E-state index >= 15 is 0 Å². The molecule has 0 bridgehead atoms. The first-order valence-electron chi connectivity index (χ1n) is 12.3. The summed E-state index contributed by atoms with van der Waals surface area (Å²) in [6.07, 6.45) is 3.43. The summed E-state index contributed by atoms with van der Waals surface area (Å²) < 4.78 is 36.2. The number of likely N-dealkylation sites (tertiary alicyclic amines) is 1. The second kappa shape index (κ2) is 10.7. The zero-order valence-corrected chi connectivity index (χ0v) is 23.0. The first-order valence-corrected chi connectivity index (χ1v) is 14.1. The lowest BCUT2D eigenvalue weighted by molar-refractivity contribution is 0.191. The fourth-order valence-electron chi connectivity index (χ4n) is 4.65. The molecule has 1 aliphatic heterocycles. The molecule has 0 radical (unpaired) electrons. The zero-order chi connectivity index (χ0) is 26.9. The second-order valence-electron chi connectivity index (χ2n) is 9.53. The second-order valence-corrected chi connectivity index (χ2v) is 11.6. The van der Waals surface area contributed by atoms with Crippen molar-refractivity contribution in [1.82, 2.24) is 24.6 Å². The summed E-state index contributed by atoms with van der Waals surface area (Å²) in [5.74, 6) is 0.264. The minimum atomic E-state index is -3.93. The van der Waals surface area contributed by atoms with Gasteiger partial charge >= 0.3 is 0 Å². The fraction of sp³-hybridized carbons (Fsp3) is 0.296. The third kappa shape index (κ3) is 5.98. The third-order valence-corrected chi connectivity index (χ3v) is 8.03. The molecule has 0 spiro atoms. The minimum absolute atomic E-state index is 0.0252. The summed E-state index contributed by atoms with van der Waals surface area (Å²) in [7, 11) is -2.28. The number of aryl methyl sites for hydroxylation is 3. The number of nitrogens with one attached hydrogen (secondary N) is 1. The Kier molecular flexibility index (Phi) is 7.38. The van der Waals surface area contributed by atoms with Crippen LogP contribution in [0.15, 0.2) is 65.8 Å². The van der Waals surface area contributed by atoms with Gasteiger partial charge in [0.25, 0.3) is 10.0 Å². The Hall–Kier alpha value is -3.47. The highest BCUT2D eigenvalue weighted by Gasteiger charge is 2.26. The predicted octanol–water partition coefficient (Wildman–Crippen LogP) is 4.60. The van der Waals surface area contributed by atoms with Crippen LogP contribution in [0.5, 0.6) is 5.88 Å². The number of aromatic nitrogens is 4. The van der Waals surface area contributed by atoms with E-state index in [1.165, 1.54) is 22.6 Å². The van der Waals surface area contributed by atoms with E-state index in [0.717, 1.165) is 47.8 Å². The average Bonchev–Trinajstić information content (AvgIpc) is 3.49. The van der Waals surface area contributed by atoms with Crippen molar-refractivity contribution in [1.29, 1.82) is 0 Å². The van der Waals surface area contributed by atoms with E-state index in [2.05, 4.69) is 24.7 Å². The number of hydrogen-bond donors (Lipinski definition) is 1. The van der Waals surface area contributed by atoms with Crippen LogP contribution in [0.25, 0.3) is 11.3 Å². The van der Waals surface area contributed by atoms with E-state index in [1.807, 2.05) is 56.3 Å². The Balaban J connectivity index is 1.41. The Labute approximate surface area is 227 Å². The van der Waals surface area contributed by atoms with Gasteiger partial charge in [0.1, 0.15) is 11.0 Å². The molecule has 1 saturated heterocycles. The van der Waals surface area contributed by atoms with Gasteiger partial charge in [-0.25, -0.2) is 18.1 Å². The molecule has 3 heterocycles. The van der Waals surface area contributed by atoms with E-state index in [-0.39, 0.29) is 16.9 Å². The smallest absolute Gasteiger partial charge is 0.267 e. The van der Waals surface area contributed by atoms with Crippen molar-refractivity contribution in [2.75, 3.05) is 17.8 Å². The van der Waals surface area contributed by atoms with Crippen LogP contribution >= 0.6 is 11.6 Å². The average molecular weight is 553 g/mol. The third-order valence-electron chi connectivity index (χ3n) is 6.49. The largest absolute Gasteiger partial charge is 0.473 e. The van der Waals surface area contributed by atoms with Crippen molar-refractivity contribution in [3.63, 3.8) is 0 Å². The van der Waals surface area contributed by atoms with Gasteiger partial charge in [-0.2, -0.15) is 10.1 Å². The van der Waals surface area contributed by atoms with Gasteiger partial charge in [0.15, 0.2) is 0 Å². The molecule has 2 aromatic carbocycles. The molecule has 38 heavy (non-hydrogen) atoms. The van der Waals surface area contributed by atoms with Crippen molar-refractivity contribution in [2.24, 2.45) is 7.05 Å². The molecular formula is C27H29ClN6O3S. The van der Waals surface area contributed by atoms with E-state index in [9.17, 15) is 8.42 Å². The van der Waals surface area contributed by atoms with Crippen molar-refractivity contribution in [3.8, 4) is 17.1 Å². The van der Waals surface area contributed by atoms with E-state index in [0.29, 0.717) is 11.6 Å². The maximum atomic E-state index is 13.0. The van der Waals surface area contributed by atoms with Gasteiger partial charge in [-0.15, -0.1) is 0 Å². The Bertz CT molecular complexity index is 1540. The Morgan fingerprint density at radius 1 is 1.11 bits per heavy atom. The van der Waals surface area contributed by atoms with E-state index < -0.39 is 10.0 Å². The SMILES string of the molecule is Cc1cccc(C)c1-c1cc(OC2CCN(Cc3ccc(Cl)cc3)C2)nc(NS(=O)(=O)c2cnn(C)c2)n1. The van der Waals surface area contributed by atoms with Crippen LogP contribution in [0.2, 0.25) is 5.02 Å². The number of anilines is 1. The van der Waals surface area contributed by atoms with Crippen molar-refractivity contribution >= 4 is 27.6 Å². The molecule has 1 aliphatic rings. The standard InChI is InChI=1S/C27H29ClN6O3S/c1-18-5-4-6-19(2)26(18)24-13-25(31-27(30-24)32-38(35,36)23-14-29-33(3)17-23)37-22-11-12-34(16-22)15-20-7-9-21(28)10-8-20/h4-10,13-14,17,22H,11-12,15-16H2,1-3H3,(H,30,31,32). The van der Waals surface area contributed by atoms with Crippen LogP contribution in [0, 0.1) is 13.8 Å². The van der Waals surface area contributed by atoms with Crippen molar-refractivity contribution < 1.29 is 13.2 Å². The molecule has 1 N–H and O–H groups in total. The summed E-state index contributed by atoms with van der Waals surface area (Å²) >= 11 is 6.01. The molecule has 0 aliphatic carbocycles. The summed E-state index contributed by atoms with van der Waals surface area (Å²) in [5.41, 5.74) is 4.72. The van der Waals surface area contributed by atoms with Gasteiger partial charge in [0, 0.05) is 49.5 Å². The van der Waals surface area contributed by atoms with Crippen molar-refractivity contribution in [2.45, 2.75) is 37.8 Å². The summed E-state index contributed by atoms with van der Waals surface area (Å²) in [6, 6.07) is 15.6. The predicted molar refractivity (Wildman–Crippen MR) is 147 cm³/mol. The van der Waals surface area contributed by atoms with Gasteiger partial charge in [-0.05, 0) is 49.1 Å². The Morgan fingerprint density at radius 3 is 2.53 bits per heavy atom. The fourth-order valence-corrected chi connectivity index (χ4v) is 5.70. The van der Waals surface area contributed by atoms with Crippen LogP contribution in [-0.2, 0) is 23.6 Å². The van der Waals surface area contributed by atoms with Crippen LogP contribution in [0.3, 0.4) is 0 Å². The molecule has 0 amide bonds. The minimum Gasteiger partial charge on any atom is -0.473 e. The summed E-state index contributed by atoms with van der Waals surface area (Å²) in [5, 5.41) is 4.68. The topological polar surface area (TPSA) is 102 Å². The zero-order valence-electron chi connectivity index (χ0n) is 21.4. The van der Waals surface area contributed by atoms with Crippen LogP contribution in [-0.4, -0.2) is 52.3 Å². The molecule has 1 fully saturated rings. The van der Waals surface area contributed by atoms with Gasteiger partial charge in [0.05, 0.1) is 11.9 Å². The number of hydrogen-bond acceptors (Lipinski definition) is 7. The van der Waals surface area contributed by atoms with E-state index in [1.54, 1.807) is 13.1 Å². The molecule has 5 rings (SSSR count). The van der Waals surface area contributed by atoms with E-state index in [4.69, 9.17) is 16.3 Å². The number of halogens is 1. The van der Waals surface area contributed by atoms with Gasteiger partial charge in [0.2, 0.25) is 11.8 Å². The maximum absolute atomic E-state index is 13.0. The van der Waals surface area contributed by atoms with Gasteiger partial charge in [-0.3, -0.25) is 9.58 Å². The summed E-state index contributed by atoms with van der Waals surface area (Å²) in [6.45, 7) is 6.39. The summed E-state index contributed by atoms with van der Waals surface area (Å²) in [4.78, 5) is 11.3. The Morgan fingerprint density at radius 2 is 1.84 bits per heavy atom. The molecule has 9 nitrogen and oxygen atoms in total. The number of nitrogens with zero attached hydrogens (tertiary/aromatic N) is 5. The maximum Gasteiger partial charge on any atom is 0.267 e. The number of rotatable bonds is 8. The lowest BCUT2D eigenvalue weighted by atomic mass is 10.00. The lowest BCUT2D eigenvalue weighted by Gasteiger charge is -2.18. The molecule has 0 saturated carbocycles. The lowest BCUT2D eigenvalue weighted by Crippen LogP contribution is -2.25. The molecule has 2 aromatic heterocycles. The van der Waals surface area contributed by atoms with Gasteiger partial charge < -0.3 is 4.74 Å². The van der Waals surface area contributed by atoms with Crippen LogP contribution < -0.4 is 9.46 Å². The highest BCUT2D eigenvalue weighted by atomic mass is 35.5. The van der Waals surface area contributed by atoms with Gasteiger partial charge in [-0.1, -0.05) is 41.9 Å². The quantitative estimate of drug-likeness (QED) is 0.341. The first-order chi connectivity index (χ1) is 18.2. The monoisotopic (exact) mass is 552 g/mol. The van der Waals surface area contributed by atoms with Crippen LogP contribution in [0.1, 0.15) is 23.1 Å². The highest BCUT2D eigenvalue weighted by Crippen LogP contribution is 2.30.